The van der Waals surface area contributed by atoms with Crippen molar-refractivity contribution in [3.8, 4) is 0 Å². The lowest BCUT2D eigenvalue weighted by atomic mass is 9.91. The lowest BCUT2D eigenvalue weighted by Crippen LogP contribution is -2.31. The maximum Gasteiger partial charge on any atom is 0.290 e. The minimum Gasteiger partial charge on any atom is -0.503 e. The van der Waals surface area contributed by atoms with Crippen LogP contribution in [0.2, 0.25) is 0 Å². The van der Waals surface area contributed by atoms with Gasteiger partial charge in [0.2, 0.25) is 0 Å². The molecule has 1 unspecified atom stereocenters. The van der Waals surface area contributed by atoms with Gasteiger partial charge in [0.05, 0.1) is 11.6 Å². The third kappa shape index (κ3) is 3.60. The number of benzene rings is 2. The highest BCUT2D eigenvalue weighted by Gasteiger charge is 2.43. The van der Waals surface area contributed by atoms with Gasteiger partial charge in [-0.05, 0) is 35.4 Å². The second-order valence-corrected chi connectivity index (χ2v) is 6.79. The summed E-state index contributed by atoms with van der Waals surface area (Å²) >= 11 is 0. The summed E-state index contributed by atoms with van der Waals surface area (Å²) in [4.78, 5) is 26.7. The highest BCUT2D eigenvalue weighted by atomic mass is 19.1. The van der Waals surface area contributed by atoms with Crippen LogP contribution in [0.15, 0.2) is 59.9 Å². The quantitative estimate of drug-likeness (QED) is 0.861. The topological polar surface area (TPSA) is 57.6 Å². The Morgan fingerprint density at radius 1 is 1.04 bits per heavy atom. The molecule has 0 saturated carbocycles. The molecule has 1 amide bonds. The molecule has 0 spiro atoms. The fourth-order valence-corrected chi connectivity index (χ4v) is 3.16. The maximum atomic E-state index is 13.3. The van der Waals surface area contributed by atoms with Gasteiger partial charge in [0.1, 0.15) is 11.6 Å². The first kappa shape index (κ1) is 18.8. The summed E-state index contributed by atoms with van der Waals surface area (Å²) in [5, 5.41) is 10.4. The summed E-state index contributed by atoms with van der Waals surface area (Å²) in [5.74, 6) is -2.90. The van der Waals surface area contributed by atoms with E-state index >= 15 is 0 Å². The average molecular weight is 371 g/mol. The lowest BCUT2D eigenvalue weighted by Gasteiger charge is -2.27. The van der Waals surface area contributed by atoms with E-state index in [9.17, 15) is 23.5 Å². The van der Waals surface area contributed by atoms with Crippen LogP contribution >= 0.6 is 0 Å². The van der Waals surface area contributed by atoms with E-state index in [1.165, 1.54) is 53.4 Å². The first-order valence-corrected chi connectivity index (χ1v) is 8.57. The Morgan fingerprint density at radius 3 is 2.07 bits per heavy atom. The van der Waals surface area contributed by atoms with Crippen LogP contribution in [0.1, 0.15) is 31.0 Å². The monoisotopic (exact) mass is 371 g/mol. The van der Waals surface area contributed by atoms with Crippen LogP contribution in [0.4, 0.5) is 8.78 Å². The highest BCUT2D eigenvalue weighted by molar-refractivity contribution is 6.09. The van der Waals surface area contributed by atoms with Crippen LogP contribution in [0.3, 0.4) is 0 Å². The molecule has 27 heavy (non-hydrogen) atoms. The maximum absolute atomic E-state index is 13.3. The fourth-order valence-electron chi connectivity index (χ4n) is 3.16. The van der Waals surface area contributed by atoms with E-state index in [1.807, 2.05) is 0 Å². The van der Waals surface area contributed by atoms with Gasteiger partial charge in [0, 0.05) is 12.5 Å². The number of ketones is 1. The summed E-state index contributed by atoms with van der Waals surface area (Å²) in [7, 11) is 0. The molecule has 6 heteroatoms. The summed E-state index contributed by atoms with van der Waals surface area (Å²) in [6.45, 7) is 3.43. The van der Waals surface area contributed by atoms with E-state index in [0.717, 1.165) is 0 Å². The van der Waals surface area contributed by atoms with E-state index < -0.39 is 35.3 Å². The van der Waals surface area contributed by atoms with Gasteiger partial charge in [-0.25, -0.2) is 8.78 Å². The van der Waals surface area contributed by atoms with Crippen molar-refractivity contribution in [1.29, 1.82) is 0 Å². The van der Waals surface area contributed by atoms with Gasteiger partial charge in [-0.15, -0.1) is 0 Å². The predicted octanol–water partition coefficient (Wildman–Crippen LogP) is 4.09. The third-order valence-electron chi connectivity index (χ3n) is 4.55. The van der Waals surface area contributed by atoms with Gasteiger partial charge in [-0.3, -0.25) is 9.59 Å². The van der Waals surface area contributed by atoms with Crippen molar-refractivity contribution < 1.29 is 23.5 Å². The van der Waals surface area contributed by atoms with Crippen LogP contribution in [-0.2, 0) is 16.1 Å². The molecular formula is C21H19F2NO3. The van der Waals surface area contributed by atoms with Crippen LogP contribution < -0.4 is 0 Å². The number of carbonyl (C=O) groups is 2. The SMILES string of the molecule is CC(C)C(=O)C1=C(O)C(=O)N(Cc2ccc(F)cc2)C1c1ccc(F)cc1. The van der Waals surface area contributed by atoms with Crippen molar-refractivity contribution in [3.63, 3.8) is 0 Å². The minimum atomic E-state index is -0.835. The van der Waals surface area contributed by atoms with E-state index in [0.29, 0.717) is 11.1 Å². The molecule has 140 valence electrons. The highest BCUT2D eigenvalue weighted by Crippen LogP contribution is 2.39. The summed E-state index contributed by atoms with van der Waals surface area (Å²) in [6.07, 6.45) is 0. The number of halogens is 2. The van der Waals surface area contributed by atoms with Gasteiger partial charge < -0.3 is 10.0 Å². The summed E-state index contributed by atoms with van der Waals surface area (Å²) < 4.78 is 26.5. The molecule has 1 aliphatic rings. The van der Waals surface area contributed by atoms with Gasteiger partial charge in [0.15, 0.2) is 11.5 Å². The molecule has 1 heterocycles. The number of amides is 1. The number of carbonyl (C=O) groups excluding carboxylic acids is 2. The number of hydrogen-bond acceptors (Lipinski definition) is 3. The molecule has 1 aliphatic heterocycles. The molecule has 0 aromatic heterocycles. The summed E-state index contributed by atoms with van der Waals surface area (Å²) in [5.41, 5.74) is 1.16. The first-order chi connectivity index (χ1) is 12.8. The zero-order valence-electron chi connectivity index (χ0n) is 14.9. The van der Waals surface area contributed by atoms with Gasteiger partial charge >= 0.3 is 0 Å². The lowest BCUT2D eigenvalue weighted by molar-refractivity contribution is -0.130. The van der Waals surface area contributed by atoms with E-state index in [1.54, 1.807) is 13.8 Å². The van der Waals surface area contributed by atoms with Gasteiger partial charge in [-0.2, -0.15) is 0 Å². The van der Waals surface area contributed by atoms with Gasteiger partial charge in [0.25, 0.3) is 5.91 Å². The molecule has 0 bridgehead atoms. The number of aliphatic hydroxyl groups excluding tert-OH is 1. The standard InChI is InChI=1S/C21H19F2NO3/c1-12(2)19(25)17-18(14-5-9-16(23)10-6-14)24(21(27)20(17)26)11-13-3-7-15(22)8-4-13/h3-10,12,18,26H,11H2,1-2H3. The molecule has 1 atom stereocenters. The smallest absolute Gasteiger partial charge is 0.290 e. The van der Waals surface area contributed by atoms with Crippen LogP contribution in [-0.4, -0.2) is 21.7 Å². The zero-order valence-corrected chi connectivity index (χ0v) is 14.9. The van der Waals surface area contributed by atoms with Crippen molar-refractivity contribution in [1.82, 2.24) is 4.90 Å². The number of nitrogens with zero attached hydrogens (tertiary/aromatic N) is 1. The van der Waals surface area contributed by atoms with E-state index in [4.69, 9.17) is 0 Å². The van der Waals surface area contributed by atoms with Gasteiger partial charge in [-0.1, -0.05) is 38.1 Å². The number of Topliss-reactive ketones (excluding diaryl/α,β-unsaturated/α-hetero) is 1. The largest absolute Gasteiger partial charge is 0.503 e. The summed E-state index contributed by atoms with van der Waals surface area (Å²) in [6, 6.07) is 10.2. The van der Waals surface area contributed by atoms with Crippen molar-refractivity contribution in [3.05, 3.63) is 82.6 Å². The Balaban J connectivity index is 2.05. The Morgan fingerprint density at radius 2 is 1.56 bits per heavy atom. The minimum absolute atomic E-state index is 0.00344. The molecule has 0 aliphatic carbocycles. The Hall–Kier alpha value is -3.02. The first-order valence-electron chi connectivity index (χ1n) is 8.57. The zero-order chi connectivity index (χ0) is 19.7. The normalized spacial score (nSPS) is 17.1. The predicted molar refractivity (Wildman–Crippen MR) is 95.6 cm³/mol. The van der Waals surface area contributed by atoms with Crippen LogP contribution in [0.5, 0.6) is 0 Å². The number of hydrogen-bond donors (Lipinski definition) is 1. The van der Waals surface area contributed by atoms with Crippen LogP contribution in [0, 0.1) is 17.6 Å². The Kier molecular flexibility index (Phi) is 5.08. The fraction of sp³-hybridized carbons (Fsp3) is 0.238. The Bertz CT molecular complexity index is 902. The molecule has 0 radical (unpaired) electrons. The van der Waals surface area contributed by atoms with Crippen molar-refractivity contribution in [2.24, 2.45) is 5.92 Å². The van der Waals surface area contributed by atoms with Crippen molar-refractivity contribution in [2.75, 3.05) is 0 Å². The molecular weight excluding hydrogens is 352 g/mol. The Labute approximate surface area is 155 Å². The van der Waals surface area contributed by atoms with E-state index in [2.05, 4.69) is 0 Å². The average Bonchev–Trinajstić information content (AvgIpc) is 2.88. The molecule has 1 N–H and O–H groups in total. The third-order valence-corrected chi connectivity index (χ3v) is 4.55. The molecule has 0 saturated heterocycles. The second-order valence-electron chi connectivity index (χ2n) is 6.79. The number of aliphatic hydroxyl groups is 1. The number of rotatable bonds is 5. The molecule has 4 nitrogen and oxygen atoms in total. The van der Waals surface area contributed by atoms with Crippen LogP contribution in [0.25, 0.3) is 0 Å². The molecule has 2 aromatic rings. The molecule has 2 aromatic carbocycles. The van der Waals surface area contributed by atoms with E-state index in [-0.39, 0.29) is 17.9 Å². The van der Waals surface area contributed by atoms with Crippen molar-refractivity contribution in [2.45, 2.75) is 26.4 Å². The second kappa shape index (κ2) is 7.31. The molecule has 0 fully saturated rings. The molecule has 3 rings (SSSR count). The van der Waals surface area contributed by atoms with Crippen molar-refractivity contribution >= 4 is 11.7 Å².